The minimum absolute atomic E-state index is 0.00425. The molecule has 0 aromatic rings. The third-order valence-corrected chi connectivity index (χ3v) is 3.84. The van der Waals surface area contributed by atoms with E-state index in [0.29, 0.717) is 6.54 Å². The van der Waals surface area contributed by atoms with E-state index in [1.165, 1.54) is 0 Å². The molecule has 0 radical (unpaired) electrons. The number of carbonyl (C=O) groups is 2. The normalized spacial score (nSPS) is 20.4. The molecule has 0 spiro atoms. The Morgan fingerprint density at radius 2 is 1.64 bits per heavy atom. The Morgan fingerprint density at radius 1 is 1.05 bits per heavy atom. The maximum absolute atomic E-state index is 12.0. The fourth-order valence-electron chi connectivity index (χ4n) is 3.34. The first kappa shape index (κ1) is 18.9. The van der Waals surface area contributed by atoms with Gasteiger partial charge in [0.2, 0.25) is 0 Å². The predicted molar refractivity (Wildman–Crippen MR) is 88.1 cm³/mol. The van der Waals surface area contributed by atoms with Crippen molar-refractivity contribution in [2.24, 2.45) is 0 Å². The van der Waals surface area contributed by atoms with Crippen LogP contribution in [0.2, 0.25) is 0 Å². The molecule has 22 heavy (non-hydrogen) atoms. The zero-order valence-corrected chi connectivity index (χ0v) is 14.6. The van der Waals surface area contributed by atoms with E-state index in [-0.39, 0.29) is 17.1 Å². The first-order valence-electron chi connectivity index (χ1n) is 8.28. The van der Waals surface area contributed by atoms with Gasteiger partial charge in [0.1, 0.15) is 0 Å². The van der Waals surface area contributed by atoms with Crippen molar-refractivity contribution >= 4 is 11.8 Å². The molecular weight excluding hydrogens is 280 g/mol. The topological polar surface area (TPSA) is 82.3 Å². The molecule has 0 aromatic heterocycles. The van der Waals surface area contributed by atoms with Crippen molar-refractivity contribution in [3.05, 3.63) is 0 Å². The predicted octanol–water partition coefficient (Wildman–Crippen LogP) is 1.22. The maximum atomic E-state index is 12.0. The average Bonchev–Trinajstić information content (AvgIpc) is 2.34. The van der Waals surface area contributed by atoms with Crippen LogP contribution in [0.15, 0.2) is 0 Å². The lowest BCUT2D eigenvalue weighted by atomic mass is 9.79. The Balaban J connectivity index is 2.38. The fourth-order valence-corrected chi connectivity index (χ4v) is 3.34. The number of unbranched alkanes of at least 4 members (excludes halogenated alkanes) is 2. The molecule has 1 saturated heterocycles. The van der Waals surface area contributed by atoms with Crippen molar-refractivity contribution in [2.45, 2.75) is 83.8 Å². The molecule has 2 amide bonds. The number of hydrogen-bond donors (Lipinski definition) is 4. The minimum atomic E-state index is -0.620. The molecule has 0 atom stereocenters. The highest BCUT2D eigenvalue weighted by atomic mass is 16.2. The van der Waals surface area contributed by atoms with Crippen LogP contribution >= 0.6 is 0 Å². The van der Waals surface area contributed by atoms with Crippen molar-refractivity contribution in [1.29, 1.82) is 0 Å². The van der Waals surface area contributed by atoms with Crippen molar-refractivity contribution in [1.82, 2.24) is 21.5 Å². The standard InChI is InChI=1S/C16H32N4O2/c1-6-7-8-9-17-19-14(22)13(21)18-12-10-15(2,3)20-16(4,5)11-12/h12,17,20H,6-11H2,1-5H3,(H,18,21)(H,19,22). The molecule has 6 nitrogen and oxygen atoms in total. The van der Waals surface area contributed by atoms with E-state index in [4.69, 9.17) is 0 Å². The van der Waals surface area contributed by atoms with Gasteiger partial charge >= 0.3 is 11.8 Å². The summed E-state index contributed by atoms with van der Waals surface area (Å²) in [6.45, 7) is 11.3. The summed E-state index contributed by atoms with van der Waals surface area (Å²) in [5.74, 6) is -1.19. The summed E-state index contributed by atoms with van der Waals surface area (Å²) in [5, 5.41) is 6.41. The number of amides is 2. The van der Waals surface area contributed by atoms with Gasteiger partial charge in [-0.25, -0.2) is 5.43 Å². The average molecular weight is 312 g/mol. The summed E-state index contributed by atoms with van der Waals surface area (Å²) in [4.78, 5) is 23.7. The van der Waals surface area contributed by atoms with Gasteiger partial charge in [0.05, 0.1) is 0 Å². The number of hydrazine groups is 1. The molecule has 128 valence electrons. The van der Waals surface area contributed by atoms with E-state index in [1.54, 1.807) is 0 Å². The Hall–Kier alpha value is -1.14. The van der Waals surface area contributed by atoms with Gasteiger partial charge in [0.25, 0.3) is 0 Å². The van der Waals surface area contributed by atoms with Gasteiger partial charge in [-0.2, -0.15) is 0 Å². The largest absolute Gasteiger partial charge is 0.345 e. The Morgan fingerprint density at radius 3 is 2.18 bits per heavy atom. The Kier molecular flexibility index (Phi) is 6.81. The van der Waals surface area contributed by atoms with Crippen molar-refractivity contribution in [2.75, 3.05) is 6.54 Å². The summed E-state index contributed by atoms with van der Waals surface area (Å²) in [5.41, 5.74) is 5.13. The van der Waals surface area contributed by atoms with E-state index in [2.05, 4.69) is 56.1 Å². The van der Waals surface area contributed by atoms with E-state index < -0.39 is 11.8 Å². The quantitative estimate of drug-likeness (QED) is 0.338. The Bertz CT molecular complexity index is 378. The van der Waals surface area contributed by atoms with Crippen LogP contribution in [-0.2, 0) is 9.59 Å². The van der Waals surface area contributed by atoms with Gasteiger partial charge in [0.15, 0.2) is 0 Å². The summed E-state index contributed by atoms with van der Waals surface area (Å²) >= 11 is 0. The molecule has 1 rings (SSSR count). The molecule has 0 aliphatic carbocycles. The van der Waals surface area contributed by atoms with Crippen LogP contribution in [-0.4, -0.2) is 35.5 Å². The van der Waals surface area contributed by atoms with Crippen LogP contribution in [0.5, 0.6) is 0 Å². The fraction of sp³-hybridized carbons (Fsp3) is 0.875. The summed E-state index contributed by atoms with van der Waals surface area (Å²) in [7, 11) is 0. The molecular formula is C16H32N4O2. The summed E-state index contributed by atoms with van der Waals surface area (Å²) < 4.78 is 0. The molecule has 0 unspecified atom stereocenters. The first-order chi connectivity index (χ1) is 10.2. The monoisotopic (exact) mass is 312 g/mol. The van der Waals surface area contributed by atoms with Gasteiger partial charge in [-0.05, 0) is 47.0 Å². The van der Waals surface area contributed by atoms with Gasteiger partial charge < -0.3 is 10.6 Å². The lowest BCUT2D eigenvalue weighted by molar-refractivity contribution is -0.140. The third kappa shape index (κ3) is 6.75. The second-order valence-corrected chi connectivity index (χ2v) is 7.56. The van der Waals surface area contributed by atoms with E-state index in [9.17, 15) is 9.59 Å². The number of hydrogen-bond acceptors (Lipinski definition) is 4. The molecule has 4 N–H and O–H groups in total. The maximum Gasteiger partial charge on any atom is 0.323 e. The number of nitrogens with one attached hydrogen (secondary N) is 4. The highest BCUT2D eigenvalue weighted by Crippen LogP contribution is 2.28. The van der Waals surface area contributed by atoms with Crippen LogP contribution in [0, 0.1) is 0 Å². The van der Waals surface area contributed by atoms with Crippen LogP contribution in [0.1, 0.15) is 66.7 Å². The number of carbonyl (C=O) groups excluding carboxylic acids is 2. The first-order valence-corrected chi connectivity index (χ1v) is 8.28. The summed E-state index contributed by atoms with van der Waals surface area (Å²) in [6, 6.07) is 0.00425. The lowest BCUT2D eigenvalue weighted by Gasteiger charge is -2.46. The van der Waals surface area contributed by atoms with Crippen molar-refractivity contribution in [3.8, 4) is 0 Å². The zero-order chi connectivity index (χ0) is 16.8. The van der Waals surface area contributed by atoms with Crippen molar-refractivity contribution < 1.29 is 9.59 Å². The van der Waals surface area contributed by atoms with E-state index in [0.717, 1.165) is 32.1 Å². The van der Waals surface area contributed by atoms with E-state index in [1.807, 2.05) is 0 Å². The molecule has 6 heteroatoms. The SMILES string of the molecule is CCCCCNNC(=O)C(=O)NC1CC(C)(C)NC(C)(C)C1. The van der Waals surface area contributed by atoms with Crippen LogP contribution in [0.3, 0.4) is 0 Å². The van der Waals surface area contributed by atoms with Gasteiger partial charge in [0, 0.05) is 23.7 Å². The summed E-state index contributed by atoms with van der Waals surface area (Å²) in [6.07, 6.45) is 4.82. The molecule has 1 heterocycles. The van der Waals surface area contributed by atoms with E-state index >= 15 is 0 Å². The lowest BCUT2D eigenvalue weighted by Crippen LogP contribution is -2.63. The van der Waals surface area contributed by atoms with Gasteiger partial charge in [-0.3, -0.25) is 15.0 Å². The molecule has 0 aromatic carbocycles. The molecule has 0 bridgehead atoms. The molecule has 0 saturated carbocycles. The van der Waals surface area contributed by atoms with Gasteiger partial charge in [-0.15, -0.1) is 0 Å². The minimum Gasteiger partial charge on any atom is -0.345 e. The third-order valence-electron chi connectivity index (χ3n) is 3.84. The van der Waals surface area contributed by atoms with Crippen LogP contribution in [0.25, 0.3) is 0 Å². The number of rotatable bonds is 6. The second-order valence-electron chi connectivity index (χ2n) is 7.56. The molecule has 1 aliphatic heterocycles. The van der Waals surface area contributed by atoms with Gasteiger partial charge in [-0.1, -0.05) is 19.8 Å². The zero-order valence-electron chi connectivity index (χ0n) is 14.6. The second kappa shape index (κ2) is 7.92. The molecule has 1 aliphatic rings. The molecule has 1 fully saturated rings. The Labute approximate surface area is 134 Å². The highest BCUT2D eigenvalue weighted by Gasteiger charge is 2.38. The smallest absolute Gasteiger partial charge is 0.323 e. The van der Waals surface area contributed by atoms with Crippen molar-refractivity contribution in [3.63, 3.8) is 0 Å². The highest BCUT2D eigenvalue weighted by molar-refractivity contribution is 6.35. The number of piperidine rings is 1. The van der Waals surface area contributed by atoms with Crippen LogP contribution < -0.4 is 21.5 Å². The van der Waals surface area contributed by atoms with Crippen LogP contribution in [0.4, 0.5) is 0 Å².